The number of hydrogen-bond acceptors (Lipinski definition) is 8. The zero-order valence-corrected chi connectivity index (χ0v) is 20.0. The molecule has 8 nitrogen and oxygen atoms in total. The fraction of sp³-hybridized carbons (Fsp3) is 0.640. The number of aliphatic hydroxyl groups excluding tert-OH is 1. The van der Waals surface area contributed by atoms with Gasteiger partial charge in [0, 0.05) is 43.2 Å². The SMILES string of the molecule is CCCCNc1ncc(-c2cc(OC)c(CN3CCCC3)cn2)c(NC2CCC(O)CC2)n1. The summed E-state index contributed by atoms with van der Waals surface area (Å²) < 4.78 is 5.74. The maximum absolute atomic E-state index is 9.89. The molecule has 180 valence electrons. The third kappa shape index (κ3) is 6.32. The summed E-state index contributed by atoms with van der Waals surface area (Å²) in [5.41, 5.74) is 2.78. The van der Waals surface area contributed by atoms with Gasteiger partial charge in [-0.05, 0) is 58.0 Å². The highest BCUT2D eigenvalue weighted by Crippen LogP contribution is 2.32. The first kappa shape index (κ1) is 23.7. The van der Waals surface area contributed by atoms with Gasteiger partial charge in [0.05, 0.1) is 24.5 Å². The van der Waals surface area contributed by atoms with Crippen molar-refractivity contribution in [3.63, 3.8) is 0 Å². The van der Waals surface area contributed by atoms with Gasteiger partial charge in [0.25, 0.3) is 0 Å². The molecule has 0 atom stereocenters. The topological polar surface area (TPSA) is 95.4 Å². The number of hydrogen-bond donors (Lipinski definition) is 3. The smallest absolute Gasteiger partial charge is 0.224 e. The van der Waals surface area contributed by atoms with Crippen molar-refractivity contribution in [3.8, 4) is 17.0 Å². The summed E-state index contributed by atoms with van der Waals surface area (Å²) in [5.74, 6) is 2.26. The Labute approximate surface area is 197 Å². The van der Waals surface area contributed by atoms with Crippen molar-refractivity contribution in [1.29, 1.82) is 0 Å². The molecule has 2 aliphatic rings. The van der Waals surface area contributed by atoms with Crippen molar-refractivity contribution in [3.05, 3.63) is 24.0 Å². The van der Waals surface area contributed by atoms with Crippen LogP contribution in [-0.2, 0) is 6.54 Å². The summed E-state index contributed by atoms with van der Waals surface area (Å²) in [4.78, 5) is 16.6. The van der Waals surface area contributed by atoms with Crippen LogP contribution in [-0.4, -0.2) is 63.8 Å². The Morgan fingerprint density at radius 1 is 1.12 bits per heavy atom. The third-order valence-electron chi connectivity index (χ3n) is 6.67. The summed E-state index contributed by atoms with van der Waals surface area (Å²) in [6.07, 6.45) is 11.8. The van der Waals surface area contributed by atoms with Crippen LogP contribution in [0.25, 0.3) is 11.3 Å². The number of methoxy groups -OCH3 is 1. The number of pyridine rings is 1. The van der Waals surface area contributed by atoms with Crippen molar-refractivity contribution in [1.82, 2.24) is 19.9 Å². The molecule has 2 fully saturated rings. The molecule has 0 amide bonds. The van der Waals surface area contributed by atoms with E-state index in [1.165, 1.54) is 12.8 Å². The zero-order chi connectivity index (χ0) is 23.0. The molecule has 8 heteroatoms. The molecule has 0 spiro atoms. The van der Waals surface area contributed by atoms with Crippen LogP contribution in [0, 0.1) is 0 Å². The average Bonchev–Trinajstić information content (AvgIpc) is 3.34. The van der Waals surface area contributed by atoms with E-state index in [0.29, 0.717) is 5.95 Å². The Morgan fingerprint density at radius 2 is 1.91 bits per heavy atom. The van der Waals surface area contributed by atoms with Crippen molar-refractivity contribution in [2.24, 2.45) is 0 Å². The quantitative estimate of drug-likeness (QED) is 0.463. The summed E-state index contributed by atoms with van der Waals surface area (Å²) in [7, 11) is 1.72. The number of aromatic nitrogens is 3. The molecule has 0 aromatic carbocycles. The molecular weight excluding hydrogens is 416 g/mol. The number of nitrogens with one attached hydrogen (secondary N) is 2. The Hall–Kier alpha value is -2.45. The van der Waals surface area contributed by atoms with E-state index >= 15 is 0 Å². The molecule has 0 radical (unpaired) electrons. The standard InChI is InChI=1S/C25H38N6O2/c1-3-4-11-26-25-28-16-21(24(30-25)29-19-7-9-20(32)10-8-19)22-14-23(33-2)18(15-27-22)17-31-12-5-6-13-31/h14-16,19-20,32H,3-13,17H2,1-2H3,(H2,26,28,29,30). The van der Waals surface area contributed by atoms with Crippen molar-refractivity contribution in [2.45, 2.75) is 77.0 Å². The van der Waals surface area contributed by atoms with Gasteiger partial charge < -0.3 is 20.5 Å². The van der Waals surface area contributed by atoms with E-state index in [9.17, 15) is 5.11 Å². The second-order valence-electron chi connectivity index (χ2n) is 9.25. The van der Waals surface area contributed by atoms with Gasteiger partial charge in [0.15, 0.2) is 0 Å². The number of aliphatic hydroxyl groups is 1. The lowest BCUT2D eigenvalue weighted by Gasteiger charge is -2.27. The Kier molecular flexibility index (Phi) is 8.34. The number of unbranched alkanes of at least 4 members (excludes halogenated alkanes) is 1. The number of ether oxygens (including phenoxy) is 1. The summed E-state index contributed by atoms with van der Waals surface area (Å²) in [6, 6.07) is 2.28. The van der Waals surface area contributed by atoms with Crippen LogP contribution in [0.5, 0.6) is 5.75 Å². The van der Waals surface area contributed by atoms with Gasteiger partial charge >= 0.3 is 0 Å². The maximum Gasteiger partial charge on any atom is 0.224 e. The fourth-order valence-electron chi connectivity index (χ4n) is 4.66. The minimum absolute atomic E-state index is 0.187. The summed E-state index contributed by atoms with van der Waals surface area (Å²) in [6.45, 7) is 6.15. The normalized spacial score (nSPS) is 21.2. The van der Waals surface area contributed by atoms with Crippen LogP contribution in [0.2, 0.25) is 0 Å². The highest BCUT2D eigenvalue weighted by Gasteiger charge is 2.22. The van der Waals surface area contributed by atoms with Crippen molar-refractivity contribution < 1.29 is 9.84 Å². The first-order valence-electron chi connectivity index (χ1n) is 12.5. The van der Waals surface area contributed by atoms with Gasteiger partial charge in [-0.25, -0.2) is 4.98 Å². The molecule has 2 aromatic rings. The molecule has 3 N–H and O–H groups in total. The van der Waals surface area contributed by atoms with Gasteiger partial charge in [-0.3, -0.25) is 9.88 Å². The van der Waals surface area contributed by atoms with Crippen molar-refractivity contribution >= 4 is 11.8 Å². The molecule has 1 saturated carbocycles. The van der Waals surface area contributed by atoms with E-state index in [-0.39, 0.29) is 12.1 Å². The van der Waals surface area contributed by atoms with E-state index in [1.807, 2.05) is 18.5 Å². The largest absolute Gasteiger partial charge is 0.496 e. The van der Waals surface area contributed by atoms with E-state index in [1.54, 1.807) is 7.11 Å². The number of nitrogens with zero attached hydrogens (tertiary/aromatic N) is 4. The van der Waals surface area contributed by atoms with Crippen LogP contribution in [0.15, 0.2) is 18.5 Å². The molecule has 1 saturated heterocycles. The minimum Gasteiger partial charge on any atom is -0.496 e. The Balaban J connectivity index is 1.58. The van der Waals surface area contributed by atoms with E-state index < -0.39 is 0 Å². The van der Waals surface area contributed by atoms with Crippen LogP contribution >= 0.6 is 0 Å². The predicted molar refractivity (Wildman–Crippen MR) is 132 cm³/mol. The second kappa shape index (κ2) is 11.6. The third-order valence-corrected chi connectivity index (χ3v) is 6.67. The van der Waals surface area contributed by atoms with Gasteiger partial charge in [-0.1, -0.05) is 13.3 Å². The molecule has 33 heavy (non-hydrogen) atoms. The minimum atomic E-state index is -0.187. The van der Waals surface area contributed by atoms with Crippen molar-refractivity contribution in [2.75, 3.05) is 37.4 Å². The second-order valence-corrected chi connectivity index (χ2v) is 9.25. The highest BCUT2D eigenvalue weighted by molar-refractivity contribution is 5.74. The van der Waals surface area contributed by atoms with Gasteiger partial charge in [-0.15, -0.1) is 0 Å². The van der Waals surface area contributed by atoms with Gasteiger partial charge in [0.2, 0.25) is 5.95 Å². The maximum atomic E-state index is 9.89. The molecule has 3 heterocycles. The summed E-state index contributed by atoms with van der Waals surface area (Å²) in [5, 5.41) is 16.8. The monoisotopic (exact) mass is 454 g/mol. The summed E-state index contributed by atoms with van der Waals surface area (Å²) >= 11 is 0. The zero-order valence-electron chi connectivity index (χ0n) is 20.0. The molecule has 0 unspecified atom stereocenters. The van der Waals surface area contributed by atoms with Crippen LogP contribution in [0.1, 0.15) is 63.9 Å². The van der Waals surface area contributed by atoms with Crippen LogP contribution in [0.4, 0.5) is 11.8 Å². The van der Waals surface area contributed by atoms with E-state index in [2.05, 4.69) is 27.4 Å². The number of likely N-dealkylation sites (tertiary alicyclic amines) is 1. The predicted octanol–water partition coefficient (Wildman–Crippen LogP) is 4.07. The Bertz CT molecular complexity index is 894. The molecule has 4 rings (SSSR count). The van der Waals surface area contributed by atoms with Gasteiger partial charge in [0.1, 0.15) is 11.6 Å². The van der Waals surface area contributed by atoms with E-state index in [4.69, 9.17) is 14.7 Å². The lowest BCUT2D eigenvalue weighted by molar-refractivity contribution is 0.126. The molecular formula is C25H38N6O2. The lowest BCUT2D eigenvalue weighted by Crippen LogP contribution is -2.29. The first-order valence-corrected chi connectivity index (χ1v) is 12.5. The van der Waals surface area contributed by atoms with Crippen LogP contribution in [0.3, 0.4) is 0 Å². The van der Waals surface area contributed by atoms with E-state index in [0.717, 1.165) is 93.1 Å². The first-order chi connectivity index (χ1) is 16.2. The molecule has 2 aromatic heterocycles. The highest BCUT2D eigenvalue weighted by atomic mass is 16.5. The molecule has 0 bridgehead atoms. The molecule has 1 aliphatic carbocycles. The Morgan fingerprint density at radius 3 is 2.64 bits per heavy atom. The van der Waals surface area contributed by atoms with Crippen LogP contribution < -0.4 is 15.4 Å². The lowest BCUT2D eigenvalue weighted by atomic mass is 9.93. The fourth-order valence-corrected chi connectivity index (χ4v) is 4.66. The number of rotatable bonds is 10. The number of anilines is 2. The molecule has 1 aliphatic heterocycles. The average molecular weight is 455 g/mol. The van der Waals surface area contributed by atoms with Gasteiger partial charge in [-0.2, -0.15) is 4.98 Å².